The van der Waals surface area contributed by atoms with Crippen LogP contribution in [-0.2, 0) is 6.73 Å². The summed E-state index contributed by atoms with van der Waals surface area (Å²) in [7, 11) is 0. The highest BCUT2D eigenvalue weighted by molar-refractivity contribution is 7.13. The SMILES string of the molecule is Cc1cc(OCn2ccc(C(=O)Nc3nccs3)n2)ccc1Cl. The molecule has 8 heteroatoms. The van der Waals surface area contributed by atoms with Crippen LogP contribution < -0.4 is 10.1 Å². The van der Waals surface area contributed by atoms with Gasteiger partial charge in [0.15, 0.2) is 17.6 Å². The second kappa shape index (κ2) is 6.80. The number of hydrogen-bond donors (Lipinski definition) is 1. The summed E-state index contributed by atoms with van der Waals surface area (Å²) in [4.78, 5) is 16.0. The van der Waals surface area contributed by atoms with E-state index >= 15 is 0 Å². The van der Waals surface area contributed by atoms with E-state index in [1.165, 1.54) is 11.3 Å². The molecule has 0 aliphatic rings. The average Bonchev–Trinajstić information content (AvgIpc) is 3.20. The molecule has 0 aliphatic heterocycles. The maximum absolute atomic E-state index is 12.0. The molecule has 0 unspecified atom stereocenters. The van der Waals surface area contributed by atoms with Crippen molar-refractivity contribution in [3.8, 4) is 5.75 Å². The quantitative estimate of drug-likeness (QED) is 0.765. The van der Waals surface area contributed by atoms with Gasteiger partial charge in [-0.2, -0.15) is 5.10 Å². The van der Waals surface area contributed by atoms with Gasteiger partial charge in [0, 0.05) is 22.8 Å². The molecule has 3 rings (SSSR count). The Morgan fingerprint density at radius 3 is 3.04 bits per heavy atom. The minimum absolute atomic E-state index is 0.200. The zero-order valence-corrected chi connectivity index (χ0v) is 13.8. The van der Waals surface area contributed by atoms with Gasteiger partial charge in [-0.1, -0.05) is 11.6 Å². The lowest BCUT2D eigenvalue weighted by Gasteiger charge is -2.07. The van der Waals surface area contributed by atoms with E-state index in [1.807, 2.05) is 13.0 Å². The lowest BCUT2D eigenvalue weighted by atomic mass is 10.2. The van der Waals surface area contributed by atoms with Crippen LogP contribution in [0.2, 0.25) is 5.02 Å². The smallest absolute Gasteiger partial charge is 0.277 e. The first-order valence-electron chi connectivity index (χ1n) is 6.75. The van der Waals surface area contributed by atoms with Gasteiger partial charge in [-0.3, -0.25) is 10.1 Å². The maximum atomic E-state index is 12.0. The number of aromatic nitrogens is 3. The van der Waals surface area contributed by atoms with Gasteiger partial charge in [-0.15, -0.1) is 11.3 Å². The van der Waals surface area contributed by atoms with Crippen molar-refractivity contribution in [1.29, 1.82) is 0 Å². The summed E-state index contributed by atoms with van der Waals surface area (Å²) in [5.74, 6) is 0.386. The first-order valence-corrected chi connectivity index (χ1v) is 8.01. The fourth-order valence-electron chi connectivity index (χ4n) is 1.85. The largest absolute Gasteiger partial charge is 0.471 e. The van der Waals surface area contributed by atoms with Gasteiger partial charge < -0.3 is 4.74 Å². The molecular weight excluding hydrogens is 336 g/mol. The molecule has 1 N–H and O–H groups in total. The molecule has 118 valence electrons. The van der Waals surface area contributed by atoms with Gasteiger partial charge in [0.1, 0.15) is 5.75 Å². The molecule has 0 saturated heterocycles. The van der Waals surface area contributed by atoms with E-state index in [9.17, 15) is 4.79 Å². The number of thiazole rings is 1. The van der Waals surface area contributed by atoms with Crippen molar-refractivity contribution in [3.05, 3.63) is 58.3 Å². The number of amides is 1. The lowest BCUT2D eigenvalue weighted by molar-refractivity contribution is 0.102. The molecule has 0 bridgehead atoms. The molecule has 0 aliphatic carbocycles. The van der Waals surface area contributed by atoms with E-state index in [4.69, 9.17) is 16.3 Å². The summed E-state index contributed by atoms with van der Waals surface area (Å²) in [5, 5.41) is 9.87. The first-order chi connectivity index (χ1) is 11.1. The van der Waals surface area contributed by atoms with Crippen LogP contribution in [0.1, 0.15) is 16.1 Å². The Labute approximate surface area is 141 Å². The molecule has 0 saturated carbocycles. The highest BCUT2D eigenvalue weighted by atomic mass is 35.5. The second-order valence-corrected chi connectivity index (χ2v) is 6.02. The van der Waals surface area contributed by atoms with Crippen LogP contribution in [0.5, 0.6) is 5.75 Å². The summed E-state index contributed by atoms with van der Waals surface area (Å²) in [6.45, 7) is 2.11. The molecule has 0 atom stereocenters. The van der Waals surface area contributed by atoms with Crippen LogP contribution in [0.4, 0.5) is 5.13 Å². The predicted molar refractivity (Wildman–Crippen MR) is 89.1 cm³/mol. The number of halogens is 1. The standard InChI is InChI=1S/C15H13ClN4O2S/c1-10-8-11(2-3-12(10)16)22-9-20-6-4-13(19-20)14(21)18-15-17-5-7-23-15/h2-8H,9H2,1H3,(H,17,18,21). The number of benzene rings is 1. The molecule has 0 fully saturated rings. The molecule has 2 heterocycles. The topological polar surface area (TPSA) is 69.0 Å². The molecule has 6 nitrogen and oxygen atoms in total. The summed E-state index contributed by atoms with van der Waals surface area (Å²) in [5.41, 5.74) is 1.24. The van der Waals surface area contributed by atoms with Gasteiger partial charge in [-0.25, -0.2) is 9.67 Å². The van der Waals surface area contributed by atoms with E-state index in [0.717, 1.165) is 5.56 Å². The van der Waals surface area contributed by atoms with E-state index in [1.54, 1.807) is 40.7 Å². The van der Waals surface area contributed by atoms with Crippen LogP contribution >= 0.6 is 22.9 Å². The number of rotatable bonds is 5. The van der Waals surface area contributed by atoms with Crippen LogP contribution in [0, 0.1) is 6.92 Å². The monoisotopic (exact) mass is 348 g/mol. The third-order valence-electron chi connectivity index (χ3n) is 3.02. The fourth-order valence-corrected chi connectivity index (χ4v) is 2.49. The Kier molecular flexibility index (Phi) is 4.59. The maximum Gasteiger partial charge on any atom is 0.277 e. The van der Waals surface area contributed by atoms with Crippen molar-refractivity contribution >= 4 is 34.0 Å². The predicted octanol–water partition coefficient (Wildman–Crippen LogP) is 3.59. The van der Waals surface area contributed by atoms with E-state index in [0.29, 0.717) is 21.6 Å². The Morgan fingerprint density at radius 2 is 2.30 bits per heavy atom. The first kappa shape index (κ1) is 15.5. The highest BCUT2D eigenvalue weighted by Gasteiger charge is 2.11. The number of hydrogen-bond acceptors (Lipinski definition) is 5. The third kappa shape index (κ3) is 3.88. The summed E-state index contributed by atoms with van der Waals surface area (Å²) in [6, 6.07) is 7.04. The van der Waals surface area contributed by atoms with Gasteiger partial charge >= 0.3 is 0 Å². The van der Waals surface area contributed by atoms with Crippen molar-refractivity contribution in [2.75, 3.05) is 5.32 Å². The van der Waals surface area contributed by atoms with Gasteiger partial charge in [0.2, 0.25) is 0 Å². The van der Waals surface area contributed by atoms with Crippen LogP contribution in [0.3, 0.4) is 0 Å². The number of anilines is 1. The van der Waals surface area contributed by atoms with Crippen molar-refractivity contribution in [1.82, 2.24) is 14.8 Å². The van der Waals surface area contributed by atoms with Gasteiger partial charge in [-0.05, 0) is 36.8 Å². The number of aryl methyl sites for hydroxylation is 1. The highest BCUT2D eigenvalue weighted by Crippen LogP contribution is 2.21. The van der Waals surface area contributed by atoms with Crippen molar-refractivity contribution in [3.63, 3.8) is 0 Å². The van der Waals surface area contributed by atoms with Crippen LogP contribution in [0.25, 0.3) is 0 Å². The Balaban J connectivity index is 1.60. The zero-order valence-electron chi connectivity index (χ0n) is 12.2. The van der Waals surface area contributed by atoms with E-state index < -0.39 is 0 Å². The molecule has 3 aromatic rings. The molecule has 2 aromatic heterocycles. The van der Waals surface area contributed by atoms with E-state index in [-0.39, 0.29) is 12.6 Å². The lowest BCUT2D eigenvalue weighted by Crippen LogP contribution is -2.14. The molecule has 0 spiro atoms. The minimum atomic E-state index is -0.305. The van der Waals surface area contributed by atoms with Crippen molar-refractivity contribution in [2.45, 2.75) is 13.7 Å². The average molecular weight is 349 g/mol. The van der Waals surface area contributed by atoms with Gasteiger partial charge in [0.05, 0.1) is 0 Å². The molecule has 1 amide bonds. The number of nitrogens with one attached hydrogen (secondary N) is 1. The number of carbonyl (C=O) groups is 1. The zero-order chi connectivity index (χ0) is 16.2. The van der Waals surface area contributed by atoms with Gasteiger partial charge in [0.25, 0.3) is 5.91 Å². The molecule has 23 heavy (non-hydrogen) atoms. The Morgan fingerprint density at radius 1 is 1.43 bits per heavy atom. The third-order valence-corrected chi connectivity index (χ3v) is 4.13. The Bertz CT molecular complexity index is 817. The van der Waals surface area contributed by atoms with Crippen LogP contribution in [0.15, 0.2) is 42.0 Å². The number of carbonyl (C=O) groups excluding carboxylic acids is 1. The number of nitrogens with zero attached hydrogens (tertiary/aromatic N) is 3. The minimum Gasteiger partial charge on any atom is -0.471 e. The Hall–Kier alpha value is -2.38. The molecule has 1 aromatic carbocycles. The summed E-state index contributed by atoms with van der Waals surface area (Å²) in [6.07, 6.45) is 3.31. The van der Waals surface area contributed by atoms with Crippen molar-refractivity contribution < 1.29 is 9.53 Å². The normalized spacial score (nSPS) is 10.5. The number of ether oxygens (including phenoxy) is 1. The summed E-state index contributed by atoms with van der Waals surface area (Å²) < 4.78 is 7.17. The second-order valence-electron chi connectivity index (χ2n) is 4.72. The fraction of sp³-hybridized carbons (Fsp3) is 0.133. The van der Waals surface area contributed by atoms with Crippen LogP contribution in [-0.4, -0.2) is 20.7 Å². The molecular formula is C15H13ClN4O2S. The van der Waals surface area contributed by atoms with E-state index in [2.05, 4.69) is 15.4 Å². The van der Waals surface area contributed by atoms with Crippen molar-refractivity contribution in [2.24, 2.45) is 0 Å². The molecule has 0 radical (unpaired) electrons. The summed E-state index contributed by atoms with van der Waals surface area (Å²) >= 11 is 7.32.